The van der Waals surface area contributed by atoms with Gasteiger partial charge in [0.25, 0.3) is 5.91 Å². The summed E-state index contributed by atoms with van der Waals surface area (Å²) < 4.78 is 10.1. The standard InChI is InChI=1S/C14H19NO4/c1-11(16)10-19-9-3-8-15-14(17)12-4-6-13(18-2)7-5-12/h4-7H,3,8-10H2,1-2H3,(H,15,17). The summed E-state index contributed by atoms with van der Waals surface area (Å²) in [5.74, 6) is 0.589. The van der Waals surface area contributed by atoms with E-state index in [2.05, 4.69) is 5.32 Å². The molecule has 5 nitrogen and oxygen atoms in total. The number of hydrogen-bond donors (Lipinski definition) is 1. The second-order valence-electron chi connectivity index (χ2n) is 4.09. The zero-order valence-corrected chi connectivity index (χ0v) is 11.3. The van der Waals surface area contributed by atoms with Gasteiger partial charge in [-0.2, -0.15) is 0 Å². The van der Waals surface area contributed by atoms with E-state index in [1.165, 1.54) is 6.92 Å². The molecule has 0 unspecified atom stereocenters. The van der Waals surface area contributed by atoms with E-state index in [1.807, 2.05) is 0 Å². The van der Waals surface area contributed by atoms with Crippen LogP contribution in [0.15, 0.2) is 24.3 Å². The number of hydrogen-bond acceptors (Lipinski definition) is 4. The van der Waals surface area contributed by atoms with Crippen molar-refractivity contribution in [3.05, 3.63) is 29.8 Å². The van der Waals surface area contributed by atoms with E-state index in [-0.39, 0.29) is 18.3 Å². The van der Waals surface area contributed by atoms with Gasteiger partial charge in [-0.3, -0.25) is 9.59 Å². The Hall–Kier alpha value is -1.88. The molecule has 0 aliphatic heterocycles. The molecule has 19 heavy (non-hydrogen) atoms. The predicted molar refractivity (Wildman–Crippen MR) is 71.4 cm³/mol. The Bertz CT molecular complexity index is 414. The topological polar surface area (TPSA) is 64.6 Å². The minimum Gasteiger partial charge on any atom is -0.497 e. The number of ether oxygens (including phenoxy) is 2. The molecule has 0 saturated carbocycles. The molecule has 0 aromatic heterocycles. The van der Waals surface area contributed by atoms with Gasteiger partial charge < -0.3 is 14.8 Å². The summed E-state index contributed by atoms with van der Waals surface area (Å²) in [6.07, 6.45) is 0.676. The van der Waals surface area contributed by atoms with Gasteiger partial charge in [0, 0.05) is 18.7 Å². The molecule has 5 heteroatoms. The van der Waals surface area contributed by atoms with E-state index in [0.717, 1.165) is 0 Å². The Morgan fingerprint density at radius 3 is 2.47 bits per heavy atom. The quantitative estimate of drug-likeness (QED) is 0.722. The van der Waals surface area contributed by atoms with Crippen molar-refractivity contribution < 1.29 is 19.1 Å². The summed E-state index contributed by atoms with van der Waals surface area (Å²) in [6.45, 7) is 2.59. The van der Waals surface area contributed by atoms with Crippen LogP contribution >= 0.6 is 0 Å². The number of amides is 1. The number of nitrogens with one attached hydrogen (secondary N) is 1. The molecule has 0 heterocycles. The number of Topliss-reactive ketones (excluding diaryl/α,β-unsaturated/α-hetero) is 1. The van der Waals surface area contributed by atoms with Gasteiger partial charge >= 0.3 is 0 Å². The zero-order valence-electron chi connectivity index (χ0n) is 11.3. The molecule has 1 aromatic carbocycles. The molecule has 0 atom stereocenters. The predicted octanol–water partition coefficient (Wildman–Crippen LogP) is 1.42. The Balaban J connectivity index is 2.21. The minimum absolute atomic E-state index is 0.00210. The molecule has 0 fully saturated rings. The average Bonchev–Trinajstić information content (AvgIpc) is 2.42. The minimum atomic E-state index is -0.130. The second-order valence-corrected chi connectivity index (χ2v) is 4.09. The van der Waals surface area contributed by atoms with Gasteiger partial charge in [0.05, 0.1) is 7.11 Å². The molecule has 0 aliphatic rings. The third-order valence-corrected chi connectivity index (χ3v) is 2.41. The summed E-state index contributed by atoms with van der Waals surface area (Å²) in [7, 11) is 1.58. The lowest BCUT2D eigenvalue weighted by molar-refractivity contribution is -0.121. The van der Waals surface area contributed by atoms with E-state index in [4.69, 9.17) is 9.47 Å². The van der Waals surface area contributed by atoms with Gasteiger partial charge in [-0.1, -0.05) is 0 Å². The maximum absolute atomic E-state index is 11.7. The van der Waals surface area contributed by atoms with Crippen molar-refractivity contribution >= 4 is 11.7 Å². The van der Waals surface area contributed by atoms with Crippen LogP contribution in [-0.4, -0.2) is 38.6 Å². The lowest BCUT2D eigenvalue weighted by Gasteiger charge is -2.06. The first kappa shape index (κ1) is 15.2. The van der Waals surface area contributed by atoms with Gasteiger partial charge in [0.15, 0.2) is 5.78 Å². The van der Waals surface area contributed by atoms with Crippen molar-refractivity contribution in [3.8, 4) is 5.75 Å². The third kappa shape index (κ3) is 6.01. The fourth-order valence-electron chi connectivity index (χ4n) is 1.44. The van der Waals surface area contributed by atoms with Crippen molar-refractivity contribution in [1.29, 1.82) is 0 Å². The molecular weight excluding hydrogens is 246 g/mol. The van der Waals surface area contributed by atoms with Crippen LogP contribution in [0.1, 0.15) is 23.7 Å². The number of rotatable bonds is 8. The molecule has 0 radical (unpaired) electrons. The number of ketones is 1. The van der Waals surface area contributed by atoms with E-state index >= 15 is 0 Å². The van der Waals surface area contributed by atoms with Crippen molar-refractivity contribution in [3.63, 3.8) is 0 Å². The summed E-state index contributed by atoms with van der Waals surface area (Å²) in [5.41, 5.74) is 0.588. The first-order valence-electron chi connectivity index (χ1n) is 6.13. The van der Waals surface area contributed by atoms with E-state index in [1.54, 1.807) is 31.4 Å². The first-order chi connectivity index (χ1) is 9.13. The van der Waals surface area contributed by atoms with Crippen molar-refractivity contribution in [2.75, 3.05) is 26.9 Å². The van der Waals surface area contributed by atoms with Crippen LogP contribution in [0.2, 0.25) is 0 Å². The van der Waals surface area contributed by atoms with E-state index in [0.29, 0.717) is 30.9 Å². The third-order valence-electron chi connectivity index (χ3n) is 2.41. The average molecular weight is 265 g/mol. The number of methoxy groups -OCH3 is 1. The number of carbonyl (C=O) groups is 2. The number of benzene rings is 1. The Morgan fingerprint density at radius 1 is 1.21 bits per heavy atom. The fraction of sp³-hybridized carbons (Fsp3) is 0.429. The van der Waals surface area contributed by atoms with Gasteiger partial charge in [-0.05, 0) is 37.6 Å². The van der Waals surface area contributed by atoms with Gasteiger partial charge in [-0.15, -0.1) is 0 Å². The van der Waals surface area contributed by atoms with Crippen LogP contribution < -0.4 is 10.1 Å². The lowest BCUT2D eigenvalue weighted by Crippen LogP contribution is -2.25. The highest BCUT2D eigenvalue weighted by molar-refractivity contribution is 5.94. The normalized spacial score (nSPS) is 10.0. The second kappa shape index (κ2) is 8.26. The highest BCUT2D eigenvalue weighted by atomic mass is 16.5. The highest BCUT2D eigenvalue weighted by Crippen LogP contribution is 2.10. The Morgan fingerprint density at radius 2 is 1.89 bits per heavy atom. The van der Waals surface area contributed by atoms with Crippen molar-refractivity contribution in [1.82, 2.24) is 5.32 Å². The smallest absolute Gasteiger partial charge is 0.251 e. The zero-order chi connectivity index (χ0) is 14.1. The molecule has 0 aliphatic carbocycles. The Kier molecular flexibility index (Phi) is 6.60. The molecule has 1 N–H and O–H groups in total. The maximum Gasteiger partial charge on any atom is 0.251 e. The van der Waals surface area contributed by atoms with Gasteiger partial charge in [0.1, 0.15) is 12.4 Å². The fourth-order valence-corrected chi connectivity index (χ4v) is 1.44. The highest BCUT2D eigenvalue weighted by Gasteiger charge is 2.04. The molecule has 104 valence electrons. The Labute approximate surface area is 112 Å². The van der Waals surface area contributed by atoms with Crippen molar-refractivity contribution in [2.24, 2.45) is 0 Å². The van der Waals surface area contributed by atoms with E-state index in [9.17, 15) is 9.59 Å². The molecule has 1 rings (SSSR count). The lowest BCUT2D eigenvalue weighted by atomic mass is 10.2. The largest absolute Gasteiger partial charge is 0.497 e. The van der Waals surface area contributed by atoms with Crippen LogP contribution in [0.3, 0.4) is 0 Å². The van der Waals surface area contributed by atoms with Crippen LogP contribution in [0.4, 0.5) is 0 Å². The molecule has 0 saturated heterocycles. The van der Waals surface area contributed by atoms with Crippen LogP contribution in [0, 0.1) is 0 Å². The summed E-state index contributed by atoms with van der Waals surface area (Å²) in [4.78, 5) is 22.4. The van der Waals surface area contributed by atoms with Crippen LogP contribution in [0.25, 0.3) is 0 Å². The van der Waals surface area contributed by atoms with Crippen LogP contribution in [0.5, 0.6) is 5.75 Å². The van der Waals surface area contributed by atoms with E-state index < -0.39 is 0 Å². The van der Waals surface area contributed by atoms with Crippen molar-refractivity contribution in [2.45, 2.75) is 13.3 Å². The molecule has 0 bridgehead atoms. The monoisotopic (exact) mass is 265 g/mol. The summed E-state index contributed by atoms with van der Waals surface area (Å²) >= 11 is 0. The molecule has 1 aromatic rings. The number of carbonyl (C=O) groups excluding carboxylic acids is 2. The van der Waals surface area contributed by atoms with Gasteiger partial charge in [-0.25, -0.2) is 0 Å². The molecule has 1 amide bonds. The first-order valence-corrected chi connectivity index (χ1v) is 6.13. The molecule has 0 spiro atoms. The van der Waals surface area contributed by atoms with Gasteiger partial charge in [0.2, 0.25) is 0 Å². The maximum atomic E-state index is 11.7. The molecular formula is C14H19NO4. The SMILES string of the molecule is COc1ccc(C(=O)NCCCOCC(C)=O)cc1. The summed E-state index contributed by atoms with van der Waals surface area (Å²) in [5, 5.41) is 2.78. The summed E-state index contributed by atoms with van der Waals surface area (Å²) in [6, 6.07) is 6.90. The van der Waals surface area contributed by atoms with Crippen LogP contribution in [-0.2, 0) is 9.53 Å².